The minimum absolute atomic E-state index is 0. The van der Waals surface area contributed by atoms with Crippen molar-refractivity contribution in [2.24, 2.45) is 0 Å². The molecule has 0 nitrogen and oxygen atoms in total. The van der Waals surface area contributed by atoms with Crippen LogP contribution in [-0.2, 0) is 0 Å². The molecule has 0 radical (unpaired) electrons. The number of hydrogen-bond donors (Lipinski definition) is 0. The van der Waals surface area contributed by atoms with Crippen LogP contribution in [0.2, 0.25) is 0 Å². The molecular formula is C27H40Ar. The summed E-state index contributed by atoms with van der Waals surface area (Å²) in [5, 5.41) is 0. The second kappa shape index (κ2) is 30.4. The van der Waals surface area contributed by atoms with Gasteiger partial charge in [-0.3, -0.25) is 0 Å². The molecule has 3 aromatic rings. The van der Waals surface area contributed by atoms with E-state index in [1.54, 1.807) is 0 Å². The summed E-state index contributed by atoms with van der Waals surface area (Å²) in [6.07, 6.45) is 0. The quantitative estimate of drug-likeness (QED) is 0.328. The van der Waals surface area contributed by atoms with Crippen LogP contribution in [-0.4, -0.2) is 0 Å². The van der Waals surface area contributed by atoms with Crippen LogP contribution < -0.4 is 0 Å². The van der Waals surface area contributed by atoms with Crippen molar-refractivity contribution in [3.05, 3.63) is 121 Å². The molecule has 0 heterocycles. The first-order valence-corrected chi connectivity index (χ1v) is 9.73. The van der Waals surface area contributed by atoms with Crippen molar-refractivity contribution in [3.63, 3.8) is 0 Å². The van der Waals surface area contributed by atoms with E-state index < -0.39 is 0 Å². The molecule has 1 heteroatoms. The number of benzene rings is 3. The fraction of sp³-hybridized carbons (Fsp3) is 0.259. The summed E-state index contributed by atoms with van der Waals surface area (Å²) in [5.41, 5.74) is 3.97. The van der Waals surface area contributed by atoms with Gasteiger partial charge in [-0.25, -0.2) is 0 Å². The van der Waals surface area contributed by atoms with E-state index in [0.717, 1.165) is 0 Å². The molecule has 0 spiro atoms. The predicted molar refractivity (Wildman–Crippen MR) is 127 cm³/mol. The Balaban J connectivity index is -0.000000134. The van der Waals surface area contributed by atoms with Crippen molar-refractivity contribution in [2.45, 2.75) is 48.5 Å². The minimum Gasteiger partial charge on any atom is -0.106 e. The number of hydrogen-bond acceptors (Lipinski definition) is 0. The van der Waals surface area contributed by atoms with Crippen molar-refractivity contribution in [1.82, 2.24) is 0 Å². The van der Waals surface area contributed by atoms with Crippen molar-refractivity contribution < 1.29 is 37.7 Å². The minimum atomic E-state index is 0. The Labute approximate surface area is 205 Å². The van der Waals surface area contributed by atoms with Crippen molar-refractivity contribution in [3.8, 4) is 0 Å². The summed E-state index contributed by atoms with van der Waals surface area (Å²) in [6, 6.07) is 30.8. The molecule has 0 aromatic heterocycles. The van der Waals surface area contributed by atoms with Crippen LogP contribution in [0.4, 0.5) is 0 Å². The van der Waals surface area contributed by atoms with E-state index in [1.807, 2.05) is 82.3 Å². The van der Waals surface area contributed by atoms with Crippen LogP contribution in [0.3, 0.4) is 0 Å². The van der Waals surface area contributed by atoms with Gasteiger partial charge in [0.05, 0.1) is 0 Å². The molecule has 156 valence electrons. The Morgan fingerprint density at radius 2 is 0.536 bits per heavy atom. The molecular weight excluding hydrogens is 364 g/mol. The van der Waals surface area contributed by atoms with E-state index >= 15 is 0 Å². The summed E-state index contributed by atoms with van der Waals surface area (Å²) in [6.45, 7) is 20.2. The third kappa shape index (κ3) is 26.9. The zero-order valence-electron chi connectivity index (χ0n) is 18.9. The second-order valence-electron chi connectivity index (χ2n) is 4.96. The predicted octanol–water partition coefficient (Wildman–Crippen LogP) is 8.84. The molecule has 0 aliphatic rings. The first kappa shape index (κ1) is 34.2. The first-order valence-electron chi connectivity index (χ1n) is 9.73. The van der Waals surface area contributed by atoms with Crippen LogP contribution in [0.1, 0.15) is 44.4 Å². The monoisotopic (exact) mass is 404 g/mol. The van der Waals surface area contributed by atoms with Gasteiger partial charge < -0.3 is 0 Å². The van der Waals surface area contributed by atoms with Crippen molar-refractivity contribution in [2.75, 3.05) is 0 Å². The van der Waals surface area contributed by atoms with E-state index in [4.69, 9.17) is 0 Å². The molecule has 0 N–H and O–H groups in total. The SMILES string of the molecule is C=C.CC.CC.Cc1ccccc1.Cc1ccccc1.Cc1ccccc1.[Ar]. The molecule has 0 aliphatic heterocycles. The molecule has 0 saturated heterocycles. The Hall–Kier alpha value is -1.34. The molecule has 28 heavy (non-hydrogen) atoms. The van der Waals surface area contributed by atoms with Gasteiger partial charge >= 0.3 is 0 Å². The summed E-state index contributed by atoms with van der Waals surface area (Å²) in [5.74, 6) is 0. The molecule has 0 saturated carbocycles. The van der Waals surface area contributed by atoms with Gasteiger partial charge in [0.1, 0.15) is 0 Å². The fourth-order valence-electron chi connectivity index (χ4n) is 1.60. The summed E-state index contributed by atoms with van der Waals surface area (Å²) < 4.78 is 0. The van der Waals surface area contributed by atoms with E-state index in [2.05, 4.69) is 70.3 Å². The van der Waals surface area contributed by atoms with E-state index in [1.165, 1.54) is 16.7 Å². The van der Waals surface area contributed by atoms with E-state index in [9.17, 15) is 0 Å². The van der Waals surface area contributed by atoms with E-state index in [-0.39, 0.29) is 37.7 Å². The average Bonchev–Trinajstić information content (AvgIpc) is 2.75. The summed E-state index contributed by atoms with van der Waals surface area (Å²) >= 11 is 0. The Kier molecular flexibility index (Phi) is 37.1. The maximum atomic E-state index is 3.00. The molecule has 0 bridgehead atoms. The number of rotatable bonds is 0. The maximum Gasteiger partial charge on any atom is 0 e. The Morgan fingerprint density at radius 3 is 0.607 bits per heavy atom. The fourth-order valence-corrected chi connectivity index (χ4v) is 1.60. The first-order chi connectivity index (χ1) is 13.2. The normalized spacial score (nSPS) is 7.11. The standard InChI is InChI=1S/3C7H8.2C2H6.C2H4.Ar/c3*1-7-5-3-2-4-6-7;3*1-2;/h3*2-6H,1H3;2*1-2H3;1-2H2;. The summed E-state index contributed by atoms with van der Waals surface area (Å²) in [4.78, 5) is 0. The van der Waals surface area contributed by atoms with Gasteiger partial charge in [-0.1, -0.05) is 135 Å². The third-order valence-corrected chi connectivity index (χ3v) is 2.82. The summed E-state index contributed by atoms with van der Waals surface area (Å²) in [7, 11) is 0. The Bertz CT molecular complexity index is 500. The molecule has 3 rings (SSSR count). The zero-order valence-corrected chi connectivity index (χ0v) is 19.6. The smallest absolute Gasteiger partial charge is 0 e. The van der Waals surface area contributed by atoms with E-state index in [0.29, 0.717) is 0 Å². The Morgan fingerprint density at radius 1 is 0.393 bits per heavy atom. The van der Waals surface area contributed by atoms with Gasteiger partial charge in [-0.15, -0.1) is 13.2 Å². The van der Waals surface area contributed by atoms with Crippen LogP contribution in [0, 0.1) is 58.5 Å². The van der Waals surface area contributed by atoms with Crippen molar-refractivity contribution in [1.29, 1.82) is 0 Å². The van der Waals surface area contributed by atoms with Gasteiger partial charge in [0.2, 0.25) is 0 Å². The average molecular weight is 405 g/mol. The molecule has 0 atom stereocenters. The van der Waals surface area contributed by atoms with Crippen LogP contribution in [0.5, 0.6) is 0 Å². The molecule has 0 amide bonds. The molecule has 0 fully saturated rings. The van der Waals surface area contributed by atoms with Gasteiger partial charge in [0, 0.05) is 37.7 Å². The van der Waals surface area contributed by atoms with Gasteiger partial charge in [0.15, 0.2) is 0 Å². The van der Waals surface area contributed by atoms with Gasteiger partial charge in [0.25, 0.3) is 0 Å². The van der Waals surface area contributed by atoms with Gasteiger partial charge in [-0.2, -0.15) is 0 Å². The maximum absolute atomic E-state index is 3.00. The van der Waals surface area contributed by atoms with Gasteiger partial charge in [-0.05, 0) is 20.8 Å². The van der Waals surface area contributed by atoms with Crippen LogP contribution in [0.15, 0.2) is 104 Å². The zero-order chi connectivity index (χ0) is 21.3. The molecule has 3 aromatic carbocycles. The second-order valence-corrected chi connectivity index (χ2v) is 4.96. The van der Waals surface area contributed by atoms with Crippen molar-refractivity contribution >= 4 is 0 Å². The third-order valence-electron chi connectivity index (χ3n) is 2.82. The van der Waals surface area contributed by atoms with Crippen LogP contribution >= 0.6 is 0 Å². The topological polar surface area (TPSA) is 0 Å². The largest absolute Gasteiger partial charge is 0.106 e. The number of aryl methyl sites for hydroxylation is 3. The molecule has 0 aliphatic carbocycles. The molecule has 0 unspecified atom stereocenters. The van der Waals surface area contributed by atoms with Crippen LogP contribution in [0.25, 0.3) is 0 Å².